The number of nitrogens with zero attached hydrogens (tertiary/aromatic N) is 3. The molecule has 0 saturated heterocycles. The minimum absolute atomic E-state index is 0.157. The first-order chi connectivity index (χ1) is 13.5. The zero-order valence-electron chi connectivity index (χ0n) is 15.3. The number of carbonyl (C=O) groups is 1. The van der Waals surface area contributed by atoms with E-state index in [1.807, 2.05) is 12.1 Å². The van der Waals surface area contributed by atoms with Crippen LogP contribution in [0, 0.1) is 5.82 Å². The summed E-state index contributed by atoms with van der Waals surface area (Å²) in [7, 11) is 3.12. The van der Waals surface area contributed by atoms with Crippen LogP contribution in [0.4, 0.5) is 4.39 Å². The van der Waals surface area contributed by atoms with Crippen LogP contribution in [0.2, 0.25) is 0 Å². The van der Waals surface area contributed by atoms with Gasteiger partial charge in [0.1, 0.15) is 11.6 Å². The molecule has 1 N–H and O–H groups in total. The van der Waals surface area contributed by atoms with E-state index in [-0.39, 0.29) is 11.6 Å². The van der Waals surface area contributed by atoms with Gasteiger partial charge in [-0.05, 0) is 42.0 Å². The van der Waals surface area contributed by atoms with E-state index >= 15 is 0 Å². The van der Waals surface area contributed by atoms with Crippen LogP contribution in [0.25, 0.3) is 5.69 Å². The molecule has 0 aliphatic heterocycles. The Hall–Kier alpha value is -3.07. The number of methoxy groups -OCH3 is 2. The van der Waals surface area contributed by atoms with Crippen LogP contribution in [0.5, 0.6) is 11.5 Å². The molecule has 9 heteroatoms. The number of benzene rings is 2. The quantitative estimate of drug-likeness (QED) is 0.578. The molecule has 0 bridgehead atoms. The molecule has 3 aromatic rings. The van der Waals surface area contributed by atoms with Crippen LogP contribution in [-0.2, 0) is 11.2 Å². The van der Waals surface area contributed by atoms with Gasteiger partial charge in [-0.3, -0.25) is 9.36 Å². The predicted molar refractivity (Wildman–Crippen MR) is 102 cm³/mol. The Balaban J connectivity index is 1.98. The fourth-order valence-corrected chi connectivity index (χ4v) is 3.35. The second-order valence-corrected chi connectivity index (χ2v) is 6.70. The molecule has 0 fully saturated rings. The van der Waals surface area contributed by atoms with E-state index in [2.05, 4.69) is 10.2 Å². The monoisotopic (exact) mass is 403 g/mol. The molecule has 146 valence electrons. The molecule has 0 unspecified atom stereocenters. The second-order valence-electron chi connectivity index (χ2n) is 5.76. The summed E-state index contributed by atoms with van der Waals surface area (Å²) in [5, 5.41) is 17.7. The third-order valence-corrected chi connectivity index (χ3v) is 4.83. The van der Waals surface area contributed by atoms with E-state index in [0.717, 1.165) is 17.3 Å². The smallest absolute Gasteiger partial charge is 0.313 e. The van der Waals surface area contributed by atoms with E-state index in [9.17, 15) is 9.18 Å². The fraction of sp³-hybridized carbons (Fsp3) is 0.211. The number of carboxylic acids is 1. The summed E-state index contributed by atoms with van der Waals surface area (Å²) in [6, 6.07) is 11.4. The molecule has 0 spiro atoms. The molecule has 0 atom stereocenters. The summed E-state index contributed by atoms with van der Waals surface area (Å²) < 4.78 is 25.6. The Bertz CT molecular complexity index is 976. The largest absolute Gasteiger partial charge is 0.493 e. The minimum atomic E-state index is -0.958. The lowest BCUT2D eigenvalue weighted by Crippen LogP contribution is -2.06. The first-order valence-electron chi connectivity index (χ1n) is 8.27. The molecule has 0 aliphatic carbocycles. The normalized spacial score (nSPS) is 10.7. The van der Waals surface area contributed by atoms with Crippen molar-refractivity contribution in [1.29, 1.82) is 0 Å². The Morgan fingerprint density at radius 1 is 1.11 bits per heavy atom. The highest BCUT2D eigenvalue weighted by Crippen LogP contribution is 2.29. The average molecular weight is 403 g/mol. The van der Waals surface area contributed by atoms with Gasteiger partial charge in [-0.1, -0.05) is 17.8 Å². The number of aliphatic carboxylic acids is 1. The highest BCUT2D eigenvalue weighted by atomic mass is 32.2. The van der Waals surface area contributed by atoms with Gasteiger partial charge in [0.15, 0.2) is 16.7 Å². The zero-order valence-corrected chi connectivity index (χ0v) is 16.1. The van der Waals surface area contributed by atoms with Gasteiger partial charge >= 0.3 is 5.97 Å². The van der Waals surface area contributed by atoms with E-state index in [0.29, 0.717) is 34.6 Å². The number of thioether (sulfide) groups is 1. The fourth-order valence-electron chi connectivity index (χ4n) is 2.66. The summed E-state index contributed by atoms with van der Waals surface area (Å²) in [4.78, 5) is 10.9. The summed E-state index contributed by atoms with van der Waals surface area (Å²) in [6.07, 6.45) is 0.415. The van der Waals surface area contributed by atoms with E-state index in [1.54, 1.807) is 37.0 Å². The Morgan fingerprint density at radius 2 is 1.82 bits per heavy atom. The van der Waals surface area contributed by atoms with E-state index in [4.69, 9.17) is 14.6 Å². The van der Waals surface area contributed by atoms with Crippen molar-refractivity contribution in [1.82, 2.24) is 14.8 Å². The van der Waals surface area contributed by atoms with Gasteiger partial charge in [-0.2, -0.15) is 0 Å². The van der Waals surface area contributed by atoms with Crippen molar-refractivity contribution in [2.75, 3.05) is 20.0 Å². The van der Waals surface area contributed by atoms with Crippen molar-refractivity contribution < 1.29 is 23.8 Å². The maximum absolute atomic E-state index is 13.3. The van der Waals surface area contributed by atoms with Gasteiger partial charge in [0.05, 0.1) is 20.0 Å². The van der Waals surface area contributed by atoms with Crippen molar-refractivity contribution in [3.63, 3.8) is 0 Å². The third-order valence-electron chi connectivity index (χ3n) is 3.92. The van der Waals surface area contributed by atoms with Crippen LogP contribution in [-0.4, -0.2) is 45.8 Å². The molecular formula is C19H18FN3O4S. The maximum atomic E-state index is 13.3. The first-order valence-corrected chi connectivity index (χ1v) is 9.26. The molecule has 3 rings (SSSR count). The number of hydrogen-bond donors (Lipinski definition) is 1. The van der Waals surface area contributed by atoms with E-state index < -0.39 is 5.97 Å². The van der Waals surface area contributed by atoms with Crippen molar-refractivity contribution >= 4 is 17.7 Å². The van der Waals surface area contributed by atoms with Gasteiger partial charge in [0, 0.05) is 12.1 Å². The molecule has 1 aromatic heterocycles. The third kappa shape index (κ3) is 4.42. The van der Waals surface area contributed by atoms with Crippen molar-refractivity contribution in [2.45, 2.75) is 11.6 Å². The summed E-state index contributed by atoms with van der Waals surface area (Å²) in [5.74, 6) is 0.317. The van der Waals surface area contributed by atoms with Gasteiger partial charge in [-0.25, -0.2) is 4.39 Å². The molecule has 7 nitrogen and oxygen atoms in total. The van der Waals surface area contributed by atoms with Gasteiger partial charge in [0.25, 0.3) is 0 Å². The molecular weight excluding hydrogens is 385 g/mol. The Kier molecular flexibility index (Phi) is 6.15. The first kappa shape index (κ1) is 19.7. The molecule has 1 heterocycles. The average Bonchev–Trinajstić information content (AvgIpc) is 3.09. The molecule has 0 amide bonds. The number of ether oxygens (including phenoxy) is 2. The lowest BCUT2D eigenvalue weighted by molar-refractivity contribution is -0.133. The van der Waals surface area contributed by atoms with Crippen LogP contribution >= 0.6 is 11.8 Å². The van der Waals surface area contributed by atoms with Crippen molar-refractivity contribution in [3.05, 3.63) is 59.7 Å². The van der Waals surface area contributed by atoms with Crippen LogP contribution in [0.3, 0.4) is 0 Å². The zero-order chi connectivity index (χ0) is 20.1. The van der Waals surface area contributed by atoms with Gasteiger partial charge in [-0.15, -0.1) is 10.2 Å². The second kappa shape index (κ2) is 8.75. The number of hydrogen-bond acceptors (Lipinski definition) is 6. The number of halogens is 1. The molecule has 0 saturated carbocycles. The van der Waals surface area contributed by atoms with Gasteiger partial charge < -0.3 is 14.6 Å². The highest BCUT2D eigenvalue weighted by molar-refractivity contribution is 7.99. The van der Waals surface area contributed by atoms with Crippen LogP contribution in [0.15, 0.2) is 47.6 Å². The van der Waals surface area contributed by atoms with Crippen molar-refractivity contribution in [3.8, 4) is 17.2 Å². The molecule has 0 aliphatic rings. The minimum Gasteiger partial charge on any atom is -0.493 e. The van der Waals surface area contributed by atoms with Crippen molar-refractivity contribution in [2.24, 2.45) is 0 Å². The number of aromatic nitrogens is 3. The summed E-state index contributed by atoms with van der Waals surface area (Å²) in [6.45, 7) is 0. The lowest BCUT2D eigenvalue weighted by Gasteiger charge is -2.12. The van der Waals surface area contributed by atoms with Crippen LogP contribution in [0.1, 0.15) is 11.4 Å². The molecule has 28 heavy (non-hydrogen) atoms. The van der Waals surface area contributed by atoms with Gasteiger partial charge in [0.2, 0.25) is 0 Å². The Labute approximate surface area is 165 Å². The maximum Gasteiger partial charge on any atom is 0.313 e. The molecule has 2 aromatic carbocycles. The topological polar surface area (TPSA) is 86.5 Å². The highest BCUT2D eigenvalue weighted by Gasteiger charge is 2.17. The predicted octanol–water partition coefficient (Wildman–Crippen LogP) is 3.19. The Morgan fingerprint density at radius 3 is 2.46 bits per heavy atom. The number of rotatable bonds is 8. The van der Waals surface area contributed by atoms with E-state index in [1.165, 1.54) is 12.1 Å². The summed E-state index contributed by atoms with van der Waals surface area (Å²) in [5.41, 5.74) is 1.55. The standard InChI is InChI=1S/C19H18FN3O4S/c1-26-15-8-3-12(9-16(15)27-2)10-17-21-22-19(28-11-18(24)25)23(17)14-6-4-13(20)5-7-14/h3-9H,10-11H2,1-2H3,(H,24,25). The van der Waals surface area contributed by atoms with Crippen LogP contribution < -0.4 is 9.47 Å². The lowest BCUT2D eigenvalue weighted by atomic mass is 10.1. The number of carboxylic acid groups (broad SMARTS) is 1. The SMILES string of the molecule is COc1ccc(Cc2nnc(SCC(=O)O)n2-c2ccc(F)cc2)cc1OC. The summed E-state index contributed by atoms with van der Waals surface area (Å²) >= 11 is 1.05. The molecule has 0 radical (unpaired) electrons.